The summed E-state index contributed by atoms with van der Waals surface area (Å²) in [5, 5.41) is 6.47. The Kier molecular flexibility index (Phi) is 17.5. The zero-order valence-corrected chi connectivity index (χ0v) is 17.4. The van der Waals surface area contributed by atoms with Crippen LogP contribution in [0.15, 0.2) is 4.99 Å². The molecule has 1 fully saturated rings. The van der Waals surface area contributed by atoms with Gasteiger partial charge in [-0.15, -0.1) is 24.0 Å². The van der Waals surface area contributed by atoms with Crippen molar-refractivity contribution in [3.05, 3.63) is 0 Å². The van der Waals surface area contributed by atoms with Crippen molar-refractivity contribution in [1.29, 1.82) is 0 Å². The van der Waals surface area contributed by atoms with Crippen LogP contribution in [0.4, 0.5) is 0 Å². The lowest BCUT2D eigenvalue weighted by Gasteiger charge is -2.12. The molecule has 8 heteroatoms. The van der Waals surface area contributed by atoms with Gasteiger partial charge in [0.15, 0.2) is 5.96 Å². The minimum absolute atomic E-state index is 0. The Labute approximate surface area is 163 Å². The summed E-state index contributed by atoms with van der Waals surface area (Å²) in [6.45, 7) is 9.55. The van der Waals surface area contributed by atoms with Gasteiger partial charge in [0.25, 0.3) is 0 Å². The number of hydrogen-bond donors (Lipinski definition) is 2. The van der Waals surface area contributed by atoms with Crippen molar-refractivity contribution in [1.82, 2.24) is 10.6 Å². The van der Waals surface area contributed by atoms with Gasteiger partial charge in [0.05, 0.1) is 33.0 Å². The predicted molar refractivity (Wildman–Crippen MR) is 106 cm³/mol. The van der Waals surface area contributed by atoms with Crippen molar-refractivity contribution < 1.29 is 18.9 Å². The molecule has 0 aromatic rings. The highest BCUT2D eigenvalue weighted by atomic mass is 127. The lowest BCUT2D eigenvalue weighted by Crippen LogP contribution is -2.39. The van der Waals surface area contributed by atoms with Crippen LogP contribution in [-0.4, -0.2) is 79.0 Å². The number of nitrogens with zero attached hydrogens (tertiary/aromatic N) is 1. The molecular weight excluding hydrogens is 425 g/mol. The summed E-state index contributed by atoms with van der Waals surface area (Å²) in [6.07, 6.45) is 2.05. The van der Waals surface area contributed by atoms with Gasteiger partial charge in [-0.05, 0) is 19.8 Å². The van der Waals surface area contributed by atoms with Crippen LogP contribution in [0.25, 0.3) is 0 Å². The highest BCUT2D eigenvalue weighted by Gasteiger charge is 2.15. The van der Waals surface area contributed by atoms with Gasteiger partial charge >= 0.3 is 0 Å². The van der Waals surface area contributed by atoms with E-state index in [0.717, 1.165) is 64.9 Å². The van der Waals surface area contributed by atoms with E-state index in [-0.39, 0.29) is 24.0 Å². The molecule has 0 saturated carbocycles. The Morgan fingerprint density at radius 3 is 2.75 bits per heavy atom. The van der Waals surface area contributed by atoms with Gasteiger partial charge in [-0.2, -0.15) is 0 Å². The van der Waals surface area contributed by atoms with Gasteiger partial charge in [-0.3, -0.25) is 4.99 Å². The summed E-state index contributed by atoms with van der Waals surface area (Å²) in [6, 6.07) is 0. The minimum Gasteiger partial charge on any atom is -0.382 e. The quantitative estimate of drug-likeness (QED) is 0.187. The molecule has 1 saturated heterocycles. The number of halogens is 1. The number of rotatable bonds is 13. The fourth-order valence-corrected chi connectivity index (χ4v) is 2.15. The summed E-state index contributed by atoms with van der Waals surface area (Å²) in [7, 11) is 1.67. The van der Waals surface area contributed by atoms with Crippen LogP contribution in [0.5, 0.6) is 0 Å². The molecule has 1 aliphatic heterocycles. The van der Waals surface area contributed by atoms with Gasteiger partial charge in [0.2, 0.25) is 0 Å². The number of ether oxygens (including phenoxy) is 4. The Morgan fingerprint density at radius 2 is 2.04 bits per heavy atom. The highest BCUT2D eigenvalue weighted by Crippen LogP contribution is 2.12. The van der Waals surface area contributed by atoms with Gasteiger partial charge in [-0.1, -0.05) is 0 Å². The average molecular weight is 459 g/mol. The molecule has 0 spiro atoms. The van der Waals surface area contributed by atoms with E-state index in [0.29, 0.717) is 25.7 Å². The number of nitrogens with one attached hydrogen (secondary N) is 2. The highest BCUT2D eigenvalue weighted by molar-refractivity contribution is 14.0. The smallest absolute Gasteiger partial charge is 0.191 e. The van der Waals surface area contributed by atoms with Crippen molar-refractivity contribution in [3.63, 3.8) is 0 Å². The standard InChI is InChI=1S/C16H33N3O4.HI/c1-3-17-16(19-7-10-21-12-11-20-2)18-6-4-8-22-13-15-5-9-23-14-15;/h15H,3-14H2,1-2H3,(H2,17,18,19);1H. The maximum Gasteiger partial charge on any atom is 0.191 e. The summed E-state index contributed by atoms with van der Waals surface area (Å²) in [4.78, 5) is 4.53. The van der Waals surface area contributed by atoms with E-state index in [2.05, 4.69) is 22.5 Å². The normalized spacial score (nSPS) is 17.6. The Balaban J connectivity index is 0.00000529. The molecule has 0 aromatic carbocycles. The van der Waals surface area contributed by atoms with Gasteiger partial charge in [0.1, 0.15) is 0 Å². The number of aliphatic imine (C=N–C) groups is 1. The van der Waals surface area contributed by atoms with Gasteiger partial charge in [-0.25, -0.2) is 0 Å². The summed E-state index contributed by atoms with van der Waals surface area (Å²) < 4.78 is 21.3. The molecule has 1 rings (SSSR count). The minimum atomic E-state index is 0. The lowest BCUT2D eigenvalue weighted by molar-refractivity contribution is 0.0733. The molecule has 1 aliphatic rings. The van der Waals surface area contributed by atoms with Crippen LogP contribution < -0.4 is 10.6 Å². The van der Waals surface area contributed by atoms with Crippen LogP contribution >= 0.6 is 24.0 Å². The monoisotopic (exact) mass is 459 g/mol. The largest absolute Gasteiger partial charge is 0.382 e. The van der Waals surface area contributed by atoms with Crippen LogP contribution in [0.3, 0.4) is 0 Å². The number of methoxy groups -OCH3 is 1. The van der Waals surface area contributed by atoms with Crippen LogP contribution in [0, 0.1) is 5.92 Å². The molecule has 1 unspecified atom stereocenters. The summed E-state index contributed by atoms with van der Waals surface area (Å²) in [5.41, 5.74) is 0. The molecule has 1 heterocycles. The SMILES string of the molecule is CCNC(=NCCCOCC1CCOC1)NCCOCCOC.I. The molecule has 2 N–H and O–H groups in total. The number of guanidine groups is 1. The second-order valence-corrected chi connectivity index (χ2v) is 5.45. The fourth-order valence-electron chi connectivity index (χ4n) is 2.15. The van der Waals surface area contributed by atoms with Crippen molar-refractivity contribution in [2.45, 2.75) is 19.8 Å². The first kappa shape index (κ1) is 23.8. The van der Waals surface area contributed by atoms with Crippen molar-refractivity contribution >= 4 is 29.9 Å². The van der Waals surface area contributed by atoms with E-state index in [9.17, 15) is 0 Å². The predicted octanol–water partition coefficient (Wildman–Crippen LogP) is 1.27. The molecule has 144 valence electrons. The maximum atomic E-state index is 5.67. The third-order valence-corrected chi connectivity index (χ3v) is 3.41. The van der Waals surface area contributed by atoms with Crippen LogP contribution in [0.1, 0.15) is 19.8 Å². The second kappa shape index (κ2) is 17.7. The molecular formula is C16H34IN3O4. The van der Waals surface area contributed by atoms with E-state index >= 15 is 0 Å². The summed E-state index contributed by atoms with van der Waals surface area (Å²) in [5.74, 6) is 1.41. The molecule has 0 radical (unpaired) electrons. The zero-order valence-electron chi connectivity index (χ0n) is 15.1. The van der Waals surface area contributed by atoms with Crippen molar-refractivity contribution in [2.24, 2.45) is 10.9 Å². The molecule has 24 heavy (non-hydrogen) atoms. The van der Waals surface area contributed by atoms with Crippen molar-refractivity contribution in [2.75, 3.05) is 73.0 Å². The van der Waals surface area contributed by atoms with Crippen LogP contribution in [0.2, 0.25) is 0 Å². The molecule has 0 aromatic heterocycles. The maximum absolute atomic E-state index is 5.67. The first-order valence-corrected chi connectivity index (χ1v) is 8.61. The zero-order chi connectivity index (χ0) is 16.6. The molecule has 7 nitrogen and oxygen atoms in total. The van der Waals surface area contributed by atoms with E-state index in [1.807, 2.05) is 0 Å². The molecule has 0 amide bonds. The fraction of sp³-hybridized carbons (Fsp3) is 0.938. The van der Waals surface area contributed by atoms with E-state index in [4.69, 9.17) is 18.9 Å². The Bertz CT molecular complexity index is 303. The molecule has 1 atom stereocenters. The van der Waals surface area contributed by atoms with Crippen molar-refractivity contribution in [3.8, 4) is 0 Å². The van der Waals surface area contributed by atoms with E-state index < -0.39 is 0 Å². The Hall–Kier alpha value is -0.160. The summed E-state index contributed by atoms with van der Waals surface area (Å²) >= 11 is 0. The molecule has 0 bridgehead atoms. The third kappa shape index (κ3) is 13.2. The molecule has 0 aliphatic carbocycles. The van der Waals surface area contributed by atoms with E-state index in [1.165, 1.54) is 0 Å². The van der Waals surface area contributed by atoms with Crippen LogP contribution in [-0.2, 0) is 18.9 Å². The lowest BCUT2D eigenvalue weighted by atomic mass is 10.1. The first-order chi connectivity index (χ1) is 11.4. The number of hydrogen-bond acceptors (Lipinski definition) is 5. The van der Waals surface area contributed by atoms with Gasteiger partial charge < -0.3 is 29.6 Å². The topological polar surface area (TPSA) is 73.3 Å². The van der Waals surface area contributed by atoms with E-state index in [1.54, 1.807) is 7.11 Å². The first-order valence-electron chi connectivity index (χ1n) is 8.61. The third-order valence-electron chi connectivity index (χ3n) is 3.41. The average Bonchev–Trinajstić information content (AvgIpc) is 3.07. The van der Waals surface area contributed by atoms with Gasteiger partial charge in [0, 0.05) is 45.9 Å². The second-order valence-electron chi connectivity index (χ2n) is 5.45. The Morgan fingerprint density at radius 1 is 1.17 bits per heavy atom.